The lowest BCUT2D eigenvalue weighted by molar-refractivity contribution is 0.145. The minimum absolute atomic E-state index is 0.202. The summed E-state index contributed by atoms with van der Waals surface area (Å²) in [6.45, 7) is 3.38. The molecule has 1 aromatic carbocycles. The van der Waals surface area contributed by atoms with Crippen LogP contribution in [0.15, 0.2) is 24.4 Å². The highest BCUT2D eigenvalue weighted by atomic mass is 35.5. The minimum atomic E-state index is -0.305. The summed E-state index contributed by atoms with van der Waals surface area (Å²) in [5.74, 6) is 0.121. The average molecular weight is 381 g/mol. The SMILES string of the molecule is COc1ncc(Cl)c(NC(C)c2cc(F)ccc2N2CCC(O)CC2)n1. The van der Waals surface area contributed by atoms with Crippen molar-refractivity contribution >= 4 is 23.1 Å². The number of rotatable bonds is 5. The maximum absolute atomic E-state index is 13.9. The number of halogens is 2. The number of hydrogen-bond donors (Lipinski definition) is 2. The number of aromatic nitrogens is 2. The number of aliphatic hydroxyl groups is 1. The summed E-state index contributed by atoms with van der Waals surface area (Å²) in [7, 11) is 1.48. The third-order valence-electron chi connectivity index (χ3n) is 4.52. The Kier molecular flexibility index (Phi) is 5.78. The van der Waals surface area contributed by atoms with E-state index in [1.165, 1.54) is 25.4 Å². The summed E-state index contributed by atoms with van der Waals surface area (Å²) in [6.07, 6.45) is 2.60. The van der Waals surface area contributed by atoms with E-state index in [-0.39, 0.29) is 24.0 Å². The highest BCUT2D eigenvalue weighted by molar-refractivity contribution is 6.32. The van der Waals surface area contributed by atoms with Gasteiger partial charge in [0, 0.05) is 24.3 Å². The fourth-order valence-electron chi connectivity index (χ4n) is 3.10. The van der Waals surface area contributed by atoms with Crippen molar-refractivity contribution in [2.75, 3.05) is 30.4 Å². The van der Waals surface area contributed by atoms with Crippen LogP contribution in [0.4, 0.5) is 15.9 Å². The van der Waals surface area contributed by atoms with Gasteiger partial charge in [0.2, 0.25) is 0 Å². The van der Waals surface area contributed by atoms with E-state index < -0.39 is 0 Å². The van der Waals surface area contributed by atoms with Crippen molar-refractivity contribution in [1.29, 1.82) is 0 Å². The van der Waals surface area contributed by atoms with Crippen LogP contribution in [0.3, 0.4) is 0 Å². The first-order chi connectivity index (χ1) is 12.5. The lowest BCUT2D eigenvalue weighted by atomic mass is 10.0. The van der Waals surface area contributed by atoms with Gasteiger partial charge in [-0.15, -0.1) is 0 Å². The molecule has 2 N–H and O–H groups in total. The quantitative estimate of drug-likeness (QED) is 0.828. The predicted molar refractivity (Wildman–Crippen MR) is 99.5 cm³/mol. The zero-order chi connectivity index (χ0) is 18.7. The van der Waals surface area contributed by atoms with Gasteiger partial charge < -0.3 is 20.1 Å². The van der Waals surface area contributed by atoms with Gasteiger partial charge in [0.05, 0.1) is 25.5 Å². The fraction of sp³-hybridized carbons (Fsp3) is 0.444. The molecule has 1 atom stereocenters. The summed E-state index contributed by atoms with van der Waals surface area (Å²) < 4.78 is 18.9. The number of anilines is 2. The second-order valence-electron chi connectivity index (χ2n) is 6.34. The molecule has 0 aliphatic carbocycles. The van der Waals surface area contributed by atoms with E-state index in [0.29, 0.717) is 23.7 Å². The van der Waals surface area contributed by atoms with E-state index >= 15 is 0 Å². The number of methoxy groups -OCH3 is 1. The second-order valence-corrected chi connectivity index (χ2v) is 6.75. The van der Waals surface area contributed by atoms with E-state index in [9.17, 15) is 9.50 Å². The molecule has 1 aliphatic heterocycles. The Hall–Kier alpha value is -2.12. The van der Waals surface area contributed by atoms with E-state index in [4.69, 9.17) is 16.3 Å². The Morgan fingerprint density at radius 1 is 1.38 bits per heavy atom. The molecule has 2 heterocycles. The Morgan fingerprint density at radius 3 is 2.81 bits per heavy atom. The smallest absolute Gasteiger partial charge is 0.318 e. The topological polar surface area (TPSA) is 70.5 Å². The van der Waals surface area contributed by atoms with Crippen molar-refractivity contribution in [1.82, 2.24) is 9.97 Å². The molecular weight excluding hydrogens is 359 g/mol. The molecule has 0 radical (unpaired) electrons. The summed E-state index contributed by atoms with van der Waals surface area (Å²) in [5.41, 5.74) is 1.74. The molecule has 0 bridgehead atoms. The second kappa shape index (κ2) is 8.05. The first-order valence-corrected chi connectivity index (χ1v) is 8.91. The molecule has 6 nitrogen and oxygen atoms in total. The van der Waals surface area contributed by atoms with E-state index in [1.807, 2.05) is 6.92 Å². The maximum Gasteiger partial charge on any atom is 0.318 e. The normalized spacial score (nSPS) is 16.4. The molecule has 2 aromatic rings. The number of nitrogens with one attached hydrogen (secondary N) is 1. The number of nitrogens with zero attached hydrogens (tertiary/aromatic N) is 3. The maximum atomic E-state index is 13.9. The Balaban J connectivity index is 1.87. The van der Waals surface area contributed by atoms with E-state index in [1.54, 1.807) is 6.07 Å². The average Bonchev–Trinajstić information content (AvgIpc) is 2.64. The van der Waals surface area contributed by atoms with Crippen molar-refractivity contribution < 1.29 is 14.2 Å². The van der Waals surface area contributed by atoms with Crippen LogP contribution in [0.2, 0.25) is 5.02 Å². The number of piperidine rings is 1. The Morgan fingerprint density at radius 2 is 2.12 bits per heavy atom. The molecule has 1 aliphatic rings. The Labute approximate surface area is 157 Å². The van der Waals surface area contributed by atoms with Gasteiger partial charge in [-0.2, -0.15) is 4.98 Å². The predicted octanol–water partition coefficient (Wildman–Crippen LogP) is 3.41. The van der Waals surface area contributed by atoms with Gasteiger partial charge >= 0.3 is 6.01 Å². The van der Waals surface area contributed by atoms with Crippen LogP contribution in [0.25, 0.3) is 0 Å². The molecule has 8 heteroatoms. The van der Waals surface area contributed by atoms with Gasteiger partial charge in [0.1, 0.15) is 10.8 Å². The largest absolute Gasteiger partial charge is 0.467 e. The first kappa shape index (κ1) is 18.7. The minimum Gasteiger partial charge on any atom is -0.467 e. The zero-order valence-electron chi connectivity index (χ0n) is 14.7. The Bertz CT molecular complexity index is 769. The van der Waals surface area contributed by atoms with Crippen LogP contribution in [0.1, 0.15) is 31.4 Å². The van der Waals surface area contributed by atoms with Crippen molar-refractivity contribution in [2.45, 2.75) is 31.9 Å². The van der Waals surface area contributed by atoms with Crippen molar-refractivity contribution in [3.63, 3.8) is 0 Å². The molecule has 1 aromatic heterocycles. The van der Waals surface area contributed by atoms with E-state index in [2.05, 4.69) is 20.2 Å². The van der Waals surface area contributed by atoms with Gasteiger partial charge in [-0.3, -0.25) is 0 Å². The molecule has 1 saturated heterocycles. The first-order valence-electron chi connectivity index (χ1n) is 8.53. The highest BCUT2D eigenvalue weighted by Crippen LogP contribution is 2.32. The molecule has 0 saturated carbocycles. The summed E-state index contributed by atoms with van der Waals surface area (Å²) in [5, 5.41) is 13.3. The van der Waals surface area contributed by atoms with Gasteiger partial charge in [0.25, 0.3) is 0 Å². The van der Waals surface area contributed by atoms with Gasteiger partial charge in [-0.25, -0.2) is 9.37 Å². The van der Waals surface area contributed by atoms with Crippen LogP contribution < -0.4 is 15.0 Å². The van der Waals surface area contributed by atoms with Crippen LogP contribution >= 0.6 is 11.6 Å². The van der Waals surface area contributed by atoms with Crippen LogP contribution in [-0.4, -0.2) is 41.4 Å². The summed E-state index contributed by atoms with van der Waals surface area (Å²) >= 11 is 6.17. The fourth-order valence-corrected chi connectivity index (χ4v) is 3.25. The lowest BCUT2D eigenvalue weighted by Gasteiger charge is -2.34. The van der Waals surface area contributed by atoms with E-state index in [0.717, 1.165) is 24.3 Å². The van der Waals surface area contributed by atoms with Crippen LogP contribution in [0, 0.1) is 5.82 Å². The highest BCUT2D eigenvalue weighted by Gasteiger charge is 2.22. The molecule has 0 amide bonds. The molecule has 3 rings (SSSR count). The van der Waals surface area contributed by atoms with Gasteiger partial charge in [-0.1, -0.05) is 11.6 Å². The van der Waals surface area contributed by atoms with Gasteiger partial charge in [0.15, 0.2) is 5.82 Å². The van der Waals surface area contributed by atoms with Crippen LogP contribution in [0.5, 0.6) is 6.01 Å². The number of ether oxygens (including phenoxy) is 1. The monoisotopic (exact) mass is 380 g/mol. The van der Waals surface area contributed by atoms with Crippen LogP contribution in [-0.2, 0) is 0 Å². The van der Waals surface area contributed by atoms with Crippen molar-refractivity contribution in [3.05, 3.63) is 40.8 Å². The van der Waals surface area contributed by atoms with Crippen molar-refractivity contribution in [2.24, 2.45) is 0 Å². The zero-order valence-corrected chi connectivity index (χ0v) is 15.5. The summed E-state index contributed by atoms with van der Waals surface area (Å²) in [4.78, 5) is 10.3. The standard InChI is InChI=1S/C18H22ClFN4O2/c1-11(22-17-15(19)10-21-18(23-17)26-2)14-9-12(20)3-4-16(14)24-7-5-13(25)6-8-24/h3-4,9-11,13,25H,5-8H2,1-2H3,(H,21,22,23). The van der Waals surface area contributed by atoms with Crippen molar-refractivity contribution in [3.8, 4) is 6.01 Å². The molecular formula is C18H22ClFN4O2. The third kappa shape index (κ3) is 4.16. The molecule has 1 fully saturated rings. The number of benzene rings is 1. The third-order valence-corrected chi connectivity index (χ3v) is 4.80. The molecule has 26 heavy (non-hydrogen) atoms. The van der Waals surface area contributed by atoms with Gasteiger partial charge in [-0.05, 0) is 38.0 Å². The number of aliphatic hydroxyl groups excluding tert-OH is 1. The lowest BCUT2D eigenvalue weighted by Crippen LogP contribution is -2.36. The molecule has 140 valence electrons. The summed E-state index contributed by atoms with van der Waals surface area (Å²) in [6, 6.07) is 4.71. The molecule has 0 spiro atoms. The molecule has 1 unspecified atom stereocenters. The number of hydrogen-bond acceptors (Lipinski definition) is 6.